The van der Waals surface area contributed by atoms with Gasteiger partial charge in [-0.25, -0.2) is 0 Å². The van der Waals surface area contributed by atoms with Crippen LogP contribution in [0.2, 0.25) is 10.0 Å². The molecular weight excluding hydrogens is 267 g/mol. The van der Waals surface area contributed by atoms with Crippen LogP contribution in [0.25, 0.3) is 0 Å². The molecule has 2 nitrogen and oxygen atoms in total. The molecule has 2 N–H and O–H groups in total. The first kappa shape index (κ1) is 15.8. The molecule has 0 aliphatic carbocycles. The molecule has 2 atom stereocenters. The van der Waals surface area contributed by atoms with Crippen LogP contribution in [0.1, 0.15) is 38.8 Å². The molecule has 0 heterocycles. The first-order chi connectivity index (χ1) is 8.56. The van der Waals surface area contributed by atoms with Gasteiger partial charge >= 0.3 is 0 Å². The second-order valence-corrected chi connectivity index (χ2v) is 5.27. The van der Waals surface area contributed by atoms with E-state index in [4.69, 9.17) is 28.9 Å². The van der Waals surface area contributed by atoms with Gasteiger partial charge in [0.05, 0.1) is 10.0 Å². The van der Waals surface area contributed by atoms with Crippen molar-refractivity contribution < 1.29 is 0 Å². The molecule has 0 spiro atoms. The summed E-state index contributed by atoms with van der Waals surface area (Å²) in [5.41, 5.74) is 6.97. The second kappa shape index (κ2) is 7.34. The molecule has 2 unspecified atom stereocenters. The molecule has 1 aromatic carbocycles. The van der Waals surface area contributed by atoms with Gasteiger partial charge in [0.2, 0.25) is 0 Å². The van der Waals surface area contributed by atoms with E-state index in [9.17, 15) is 0 Å². The largest absolute Gasteiger partial charge is 0.329 e. The summed E-state index contributed by atoms with van der Waals surface area (Å²) < 4.78 is 0. The van der Waals surface area contributed by atoms with E-state index < -0.39 is 0 Å². The third-order valence-corrected chi connectivity index (χ3v) is 4.32. The Morgan fingerprint density at radius 2 is 1.94 bits per heavy atom. The van der Waals surface area contributed by atoms with E-state index in [0.29, 0.717) is 22.6 Å². The fourth-order valence-electron chi connectivity index (χ4n) is 2.29. The Labute approximate surface area is 120 Å². The molecule has 0 aliphatic heterocycles. The van der Waals surface area contributed by atoms with Crippen LogP contribution in [-0.4, -0.2) is 24.0 Å². The summed E-state index contributed by atoms with van der Waals surface area (Å²) >= 11 is 12.4. The highest BCUT2D eigenvalue weighted by atomic mass is 35.5. The number of halogens is 2. The van der Waals surface area contributed by atoms with Gasteiger partial charge in [-0.2, -0.15) is 0 Å². The van der Waals surface area contributed by atoms with Gasteiger partial charge in [-0.1, -0.05) is 49.2 Å². The van der Waals surface area contributed by atoms with Gasteiger partial charge in [0.15, 0.2) is 0 Å². The minimum Gasteiger partial charge on any atom is -0.329 e. The van der Waals surface area contributed by atoms with Crippen LogP contribution in [-0.2, 0) is 0 Å². The van der Waals surface area contributed by atoms with Crippen molar-refractivity contribution in [3.8, 4) is 0 Å². The summed E-state index contributed by atoms with van der Waals surface area (Å²) in [6.07, 6.45) is 1.09. The van der Waals surface area contributed by atoms with Crippen LogP contribution in [0.4, 0.5) is 0 Å². The van der Waals surface area contributed by atoms with Crippen molar-refractivity contribution >= 4 is 23.2 Å². The maximum Gasteiger partial charge on any atom is 0.0640 e. The van der Waals surface area contributed by atoms with E-state index in [1.165, 1.54) is 0 Å². The van der Waals surface area contributed by atoms with Crippen LogP contribution in [0.3, 0.4) is 0 Å². The standard InChI is InChI=1S/C14H22Cl2N2/c1-4-10(3)18(5-2)13(9-17)11-7-6-8-12(15)14(11)16/h6-8,10,13H,4-5,9,17H2,1-3H3. The average molecular weight is 289 g/mol. The van der Waals surface area contributed by atoms with Gasteiger partial charge in [-0.15, -0.1) is 0 Å². The number of hydrogen-bond donors (Lipinski definition) is 1. The maximum atomic E-state index is 6.30. The molecule has 0 aliphatic rings. The number of nitrogens with two attached hydrogens (primary N) is 1. The Bertz CT molecular complexity index is 382. The molecule has 4 heteroatoms. The summed E-state index contributed by atoms with van der Waals surface area (Å²) in [6, 6.07) is 6.34. The predicted molar refractivity (Wildman–Crippen MR) is 80.4 cm³/mol. The minimum absolute atomic E-state index is 0.121. The highest BCUT2D eigenvalue weighted by Gasteiger charge is 2.24. The lowest BCUT2D eigenvalue weighted by Crippen LogP contribution is -2.39. The van der Waals surface area contributed by atoms with Crippen molar-refractivity contribution in [2.45, 2.75) is 39.3 Å². The van der Waals surface area contributed by atoms with Crippen molar-refractivity contribution in [3.63, 3.8) is 0 Å². The Hall–Kier alpha value is -0.280. The summed E-state index contributed by atoms with van der Waals surface area (Å²) in [4.78, 5) is 2.37. The van der Waals surface area contributed by atoms with Crippen molar-refractivity contribution in [2.24, 2.45) is 5.73 Å². The smallest absolute Gasteiger partial charge is 0.0640 e. The molecule has 0 saturated carbocycles. The van der Waals surface area contributed by atoms with E-state index in [1.807, 2.05) is 12.1 Å². The van der Waals surface area contributed by atoms with Crippen LogP contribution < -0.4 is 5.73 Å². The molecule has 0 bridgehead atoms. The van der Waals surface area contributed by atoms with Gasteiger partial charge in [0.1, 0.15) is 0 Å². The Balaban J connectivity index is 3.11. The molecule has 102 valence electrons. The van der Waals surface area contributed by atoms with Gasteiger partial charge in [0, 0.05) is 18.6 Å². The lowest BCUT2D eigenvalue weighted by molar-refractivity contribution is 0.152. The number of nitrogens with zero attached hydrogens (tertiary/aromatic N) is 1. The first-order valence-corrected chi connectivity index (χ1v) is 7.22. The summed E-state index contributed by atoms with van der Waals surface area (Å²) in [5.74, 6) is 0. The molecule has 18 heavy (non-hydrogen) atoms. The van der Waals surface area contributed by atoms with Crippen molar-refractivity contribution in [2.75, 3.05) is 13.1 Å². The average Bonchev–Trinajstić information content (AvgIpc) is 2.39. The number of benzene rings is 1. The molecule has 0 amide bonds. The van der Waals surface area contributed by atoms with Crippen molar-refractivity contribution in [1.82, 2.24) is 4.90 Å². The number of rotatable bonds is 6. The van der Waals surface area contributed by atoms with Crippen molar-refractivity contribution in [1.29, 1.82) is 0 Å². The summed E-state index contributed by atoms with van der Waals surface area (Å²) in [7, 11) is 0. The van der Waals surface area contributed by atoms with Gasteiger partial charge < -0.3 is 5.73 Å². The summed E-state index contributed by atoms with van der Waals surface area (Å²) in [6.45, 7) is 8.02. The predicted octanol–water partition coefficient (Wildman–Crippen LogP) is 4.11. The molecule has 0 fully saturated rings. The van der Waals surface area contributed by atoms with E-state index in [0.717, 1.165) is 18.5 Å². The van der Waals surface area contributed by atoms with E-state index in [2.05, 4.69) is 25.7 Å². The highest BCUT2D eigenvalue weighted by molar-refractivity contribution is 6.42. The SMILES string of the molecule is CCC(C)N(CC)C(CN)c1cccc(Cl)c1Cl. The Morgan fingerprint density at radius 1 is 1.28 bits per heavy atom. The van der Waals surface area contributed by atoms with Gasteiger partial charge in [-0.05, 0) is 31.5 Å². The van der Waals surface area contributed by atoms with E-state index in [-0.39, 0.29) is 6.04 Å². The van der Waals surface area contributed by atoms with Crippen LogP contribution in [0.15, 0.2) is 18.2 Å². The van der Waals surface area contributed by atoms with Crippen LogP contribution in [0, 0.1) is 0 Å². The molecular formula is C14H22Cl2N2. The van der Waals surface area contributed by atoms with Crippen LogP contribution >= 0.6 is 23.2 Å². The van der Waals surface area contributed by atoms with Gasteiger partial charge in [0.25, 0.3) is 0 Å². The number of hydrogen-bond acceptors (Lipinski definition) is 2. The fourth-order valence-corrected chi connectivity index (χ4v) is 2.73. The highest BCUT2D eigenvalue weighted by Crippen LogP contribution is 2.33. The van der Waals surface area contributed by atoms with E-state index >= 15 is 0 Å². The topological polar surface area (TPSA) is 29.3 Å². The lowest BCUT2D eigenvalue weighted by atomic mass is 10.0. The molecule has 0 aromatic heterocycles. The van der Waals surface area contributed by atoms with E-state index in [1.54, 1.807) is 6.07 Å². The minimum atomic E-state index is 0.121. The lowest BCUT2D eigenvalue weighted by Gasteiger charge is -2.35. The van der Waals surface area contributed by atoms with Gasteiger partial charge in [-0.3, -0.25) is 4.90 Å². The molecule has 1 aromatic rings. The maximum absolute atomic E-state index is 6.30. The van der Waals surface area contributed by atoms with Crippen molar-refractivity contribution in [3.05, 3.63) is 33.8 Å². The molecule has 0 radical (unpaired) electrons. The third-order valence-electron chi connectivity index (χ3n) is 3.49. The molecule has 1 rings (SSSR count). The zero-order chi connectivity index (χ0) is 13.7. The molecule has 0 saturated heterocycles. The monoisotopic (exact) mass is 288 g/mol. The first-order valence-electron chi connectivity index (χ1n) is 6.46. The zero-order valence-electron chi connectivity index (χ0n) is 11.3. The summed E-state index contributed by atoms with van der Waals surface area (Å²) in [5, 5.41) is 1.21. The third kappa shape index (κ3) is 3.39. The quantitative estimate of drug-likeness (QED) is 0.853. The second-order valence-electron chi connectivity index (χ2n) is 4.48. The van der Waals surface area contributed by atoms with Crippen LogP contribution in [0.5, 0.6) is 0 Å². The Kier molecular flexibility index (Phi) is 6.44. The normalized spacial score (nSPS) is 14.8. The number of likely N-dealkylation sites (N-methyl/N-ethyl adjacent to an activating group) is 1. The Morgan fingerprint density at radius 3 is 2.44 bits per heavy atom. The zero-order valence-corrected chi connectivity index (χ0v) is 12.8. The fraction of sp³-hybridized carbons (Fsp3) is 0.571.